The minimum absolute atomic E-state index is 0.146. The van der Waals surface area contributed by atoms with E-state index in [0.29, 0.717) is 53.9 Å². The SMILES string of the molecule is Cc1c(Nc2nccc(CN3CC[C@@H](O)C3)c2F)cccc1-c1cccc(-c2nc3cc(C=O)cc(C#N)c3o2)c1C. The molecule has 0 bridgehead atoms. The van der Waals surface area contributed by atoms with Crippen LogP contribution in [0.1, 0.15) is 39.0 Å². The van der Waals surface area contributed by atoms with Crippen LogP contribution in [0, 0.1) is 31.0 Å². The number of carbonyl (C=O) groups is 1. The number of nitrogens with one attached hydrogen (secondary N) is 1. The molecule has 0 saturated carbocycles. The van der Waals surface area contributed by atoms with Crippen LogP contribution in [-0.4, -0.2) is 45.5 Å². The summed E-state index contributed by atoms with van der Waals surface area (Å²) in [5, 5.41) is 22.6. The van der Waals surface area contributed by atoms with Gasteiger partial charge in [-0.25, -0.2) is 14.4 Å². The number of hydrogen-bond acceptors (Lipinski definition) is 8. The van der Waals surface area contributed by atoms with Crippen LogP contribution < -0.4 is 5.32 Å². The average Bonchev–Trinajstić information content (AvgIpc) is 3.61. The molecule has 1 fully saturated rings. The van der Waals surface area contributed by atoms with Gasteiger partial charge in [0.25, 0.3) is 0 Å². The zero-order valence-corrected chi connectivity index (χ0v) is 23.2. The molecule has 9 heteroatoms. The van der Waals surface area contributed by atoms with E-state index in [9.17, 15) is 15.2 Å². The molecule has 1 aliphatic rings. The van der Waals surface area contributed by atoms with Crippen LogP contribution in [-0.2, 0) is 6.54 Å². The molecule has 8 nitrogen and oxygen atoms in total. The lowest BCUT2D eigenvalue weighted by Gasteiger charge is -2.18. The Morgan fingerprint density at radius 2 is 1.90 bits per heavy atom. The van der Waals surface area contributed by atoms with Gasteiger partial charge < -0.3 is 14.8 Å². The number of rotatable bonds is 7. The van der Waals surface area contributed by atoms with Crippen molar-refractivity contribution in [2.45, 2.75) is 32.9 Å². The number of oxazole rings is 1. The van der Waals surface area contributed by atoms with E-state index in [2.05, 4.69) is 21.4 Å². The van der Waals surface area contributed by atoms with E-state index in [-0.39, 0.29) is 17.5 Å². The second-order valence-electron chi connectivity index (χ2n) is 10.6. The molecule has 210 valence electrons. The molecule has 3 aromatic carbocycles. The Kier molecular flexibility index (Phi) is 7.25. The molecular formula is C33H28FN5O3. The van der Waals surface area contributed by atoms with E-state index in [1.165, 1.54) is 6.07 Å². The van der Waals surface area contributed by atoms with Gasteiger partial charge >= 0.3 is 0 Å². The van der Waals surface area contributed by atoms with E-state index < -0.39 is 5.82 Å². The number of likely N-dealkylation sites (tertiary alicyclic amines) is 1. The number of β-amino-alcohol motifs (C(OH)–C–C–N with tert-alkyl or cyclic N) is 1. The quantitative estimate of drug-likeness (QED) is 0.222. The summed E-state index contributed by atoms with van der Waals surface area (Å²) in [4.78, 5) is 22.2. The highest BCUT2D eigenvalue weighted by Gasteiger charge is 2.23. The third-order valence-electron chi connectivity index (χ3n) is 7.82. The smallest absolute Gasteiger partial charge is 0.227 e. The zero-order valence-electron chi connectivity index (χ0n) is 23.2. The number of benzene rings is 3. The van der Waals surface area contributed by atoms with Crippen molar-refractivity contribution in [3.63, 3.8) is 0 Å². The van der Waals surface area contributed by atoms with Gasteiger partial charge in [-0.3, -0.25) is 9.69 Å². The maximum atomic E-state index is 15.5. The predicted octanol–water partition coefficient (Wildman–Crippen LogP) is 6.31. The molecule has 1 aliphatic heterocycles. The fourth-order valence-electron chi connectivity index (χ4n) is 5.56. The van der Waals surface area contributed by atoms with Gasteiger partial charge in [-0.15, -0.1) is 0 Å². The van der Waals surface area contributed by atoms with Gasteiger partial charge in [-0.2, -0.15) is 5.26 Å². The number of anilines is 2. The molecule has 0 radical (unpaired) electrons. The van der Waals surface area contributed by atoms with Crippen LogP contribution in [0.5, 0.6) is 0 Å². The van der Waals surface area contributed by atoms with Crippen LogP contribution in [0.4, 0.5) is 15.9 Å². The summed E-state index contributed by atoms with van der Waals surface area (Å²) < 4.78 is 21.5. The molecule has 2 N–H and O–H groups in total. The Bertz CT molecular complexity index is 1880. The van der Waals surface area contributed by atoms with Gasteiger partial charge in [-0.1, -0.05) is 24.3 Å². The lowest BCUT2D eigenvalue weighted by molar-refractivity contribution is 0.112. The van der Waals surface area contributed by atoms with Gasteiger partial charge in [-0.05, 0) is 72.9 Å². The lowest BCUT2D eigenvalue weighted by atomic mass is 9.93. The summed E-state index contributed by atoms with van der Waals surface area (Å²) in [7, 11) is 0. The third-order valence-corrected chi connectivity index (χ3v) is 7.82. The number of aliphatic hydroxyl groups is 1. The number of nitriles is 1. The van der Waals surface area contributed by atoms with E-state index in [0.717, 1.165) is 40.0 Å². The second kappa shape index (κ2) is 11.2. The molecule has 1 saturated heterocycles. The normalized spacial score (nSPS) is 15.2. The highest BCUT2D eigenvalue weighted by atomic mass is 19.1. The molecule has 3 heterocycles. The maximum absolute atomic E-state index is 15.5. The number of aldehydes is 1. The Morgan fingerprint density at radius 3 is 2.64 bits per heavy atom. The molecule has 0 amide bonds. The highest BCUT2D eigenvalue weighted by Crippen LogP contribution is 2.37. The predicted molar refractivity (Wildman–Crippen MR) is 158 cm³/mol. The maximum Gasteiger partial charge on any atom is 0.227 e. The van der Waals surface area contributed by atoms with Crippen molar-refractivity contribution in [1.29, 1.82) is 5.26 Å². The molecule has 0 aliphatic carbocycles. The largest absolute Gasteiger partial charge is 0.435 e. The number of halogens is 1. The van der Waals surface area contributed by atoms with Gasteiger partial charge in [0.1, 0.15) is 17.9 Å². The van der Waals surface area contributed by atoms with Crippen molar-refractivity contribution in [2.75, 3.05) is 18.4 Å². The van der Waals surface area contributed by atoms with Crippen molar-refractivity contribution in [3.8, 4) is 28.7 Å². The van der Waals surface area contributed by atoms with Crippen molar-refractivity contribution >= 4 is 28.9 Å². The van der Waals surface area contributed by atoms with Crippen LogP contribution in [0.2, 0.25) is 0 Å². The molecule has 5 aromatic rings. The van der Waals surface area contributed by atoms with E-state index >= 15 is 4.39 Å². The van der Waals surface area contributed by atoms with Crippen molar-refractivity contribution in [2.24, 2.45) is 0 Å². The van der Waals surface area contributed by atoms with Crippen LogP contribution in [0.25, 0.3) is 33.7 Å². The number of aliphatic hydroxyl groups excluding tert-OH is 1. The van der Waals surface area contributed by atoms with E-state index in [1.807, 2.05) is 55.1 Å². The zero-order chi connectivity index (χ0) is 29.4. The highest BCUT2D eigenvalue weighted by molar-refractivity contribution is 5.90. The average molecular weight is 562 g/mol. The Labute approximate surface area is 242 Å². The second-order valence-corrected chi connectivity index (χ2v) is 10.6. The molecule has 42 heavy (non-hydrogen) atoms. The summed E-state index contributed by atoms with van der Waals surface area (Å²) in [6.07, 6.45) is 2.60. The van der Waals surface area contributed by atoms with E-state index in [1.54, 1.807) is 18.3 Å². The first-order valence-electron chi connectivity index (χ1n) is 13.7. The Balaban J connectivity index is 1.33. The fraction of sp³-hybridized carbons (Fsp3) is 0.212. The Hall–Kier alpha value is -4.91. The van der Waals surface area contributed by atoms with Gasteiger partial charge in [0, 0.05) is 48.2 Å². The van der Waals surface area contributed by atoms with Gasteiger partial charge in [0.05, 0.1) is 11.7 Å². The first kappa shape index (κ1) is 27.3. The van der Waals surface area contributed by atoms with Gasteiger partial charge in [0.2, 0.25) is 5.89 Å². The minimum Gasteiger partial charge on any atom is -0.435 e. The summed E-state index contributed by atoms with van der Waals surface area (Å²) in [5.41, 5.74) is 7.10. The molecule has 6 rings (SSSR count). The fourth-order valence-corrected chi connectivity index (χ4v) is 5.56. The van der Waals surface area contributed by atoms with Crippen molar-refractivity contribution < 1.29 is 18.7 Å². The topological polar surface area (TPSA) is 115 Å². The van der Waals surface area contributed by atoms with E-state index in [4.69, 9.17) is 4.42 Å². The van der Waals surface area contributed by atoms with Crippen LogP contribution >= 0.6 is 0 Å². The van der Waals surface area contributed by atoms with Crippen molar-refractivity contribution in [1.82, 2.24) is 14.9 Å². The minimum atomic E-state index is -0.410. The first-order valence-corrected chi connectivity index (χ1v) is 13.7. The third kappa shape index (κ3) is 5.02. The Morgan fingerprint density at radius 1 is 1.14 bits per heavy atom. The molecule has 1 atom stereocenters. The van der Waals surface area contributed by atoms with Crippen LogP contribution in [0.15, 0.2) is 65.2 Å². The van der Waals surface area contributed by atoms with Crippen LogP contribution in [0.3, 0.4) is 0 Å². The molecule has 2 aromatic heterocycles. The number of pyridine rings is 1. The number of carbonyl (C=O) groups excluding carboxylic acids is 1. The molecule has 0 unspecified atom stereocenters. The number of fused-ring (bicyclic) bond motifs is 1. The number of hydrogen-bond donors (Lipinski definition) is 2. The summed E-state index contributed by atoms with van der Waals surface area (Å²) >= 11 is 0. The number of aromatic nitrogens is 2. The monoisotopic (exact) mass is 561 g/mol. The molecule has 0 spiro atoms. The molecular weight excluding hydrogens is 533 g/mol. The number of nitrogens with zero attached hydrogens (tertiary/aromatic N) is 4. The lowest BCUT2D eigenvalue weighted by Crippen LogP contribution is -2.22. The van der Waals surface area contributed by atoms with Crippen molar-refractivity contribution in [3.05, 3.63) is 94.4 Å². The van der Waals surface area contributed by atoms with Gasteiger partial charge in [0.15, 0.2) is 17.2 Å². The summed E-state index contributed by atoms with van der Waals surface area (Å²) in [5.74, 6) is 0.0872. The summed E-state index contributed by atoms with van der Waals surface area (Å²) in [6, 6.07) is 18.5. The standard InChI is InChI=1S/C33H28FN5O3/c1-19-25(5-3-7-27(19)33-38-29-14-21(18-40)13-23(15-35)31(29)42-33)26-6-4-8-28(20(26)2)37-32-30(34)22(9-11-36-32)16-39-12-10-24(41)17-39/h3-9,11,13-14,18,24,41H,10,12,16-17H2,1-2H3,(H,36,37)/t24-/m1/s1. The summed E-state index contributed by atoms with van der Waals surface area (Å²) in [6.45, 7) is 5.62. The first-order chi connectivity index (χ1) is 20.4.